The van der Waals surface area contributed by atoms with E-state index < -0.39 is 11.9 Å². The van der Waals surface area contributed by atoms with Gasteiger partial charge in [0.1, 0.15) is 5.84 Å². The first-order valence-electron chi connectivity index (χ1n) is 9.05. The van der Waals surface area contributed by atoms with E-state index in [0.29, 0.717) is 18.1 Å². The first-order chi connectivity index (χ1) is 13.5. The van der Waals surface area contributed by atoms with Crippen LogP contribution in [0, 0.1) is 6.92 Å². The Morgan fingerprint density at radius 2 is 1.68 bits per heavy atom. The quantitative estimate of drug-likeness (QED) is 0.802. The van der Waals surface area contributed by atoms with Crippen LogP contribution in [0.5, 0.6) is 0 Å². The third kappa shape index (κ3) is 4.46. The van der Waals surface area contributed by atoms with E-state index in [4.69, 9.17) is 10.2 Å². The van der Waals surface area contributed by atoms with Crippen molar-refractivity contribution in [1.29, 1.82) is 0 Å². The molecule has 0 bridgehead atoms. The van der Waals surface area contributed by atoms with Crippen molar-refractivity contribution >= 4 is 17.8 Å². The summed E-state index contributed by atoms with van der Waals surface area (Å²) in [7, 11) is 0. The SMILES string of the molecule is Cc1ccc(C2CN3CCN=C3c3ccccc32)cc1.O=C(O)/C=C\C(=O)O. The molecule has 2 aliphatic rings. The van der Waals surface area contributed by atoms with E-state index in [-0.39, 0.29) is 0 Å². The molecule has 0 spiro atoms. The number of aryl methyl sites for hydroxylation is 1. The molecular weight excluding hydrogens is 356 g/mol. The lowest BCUT2D eigenvalue weighted by atomic mass is 9.84. The monoisotopic (exact) mass is 378 g/mol. The van der Waals surface area contributed by atoms with Gasteiger partial charge >= 0.3 is 11.9 Å². The van der Waals surface area contributed by atoms with Gasteiger partial charge in [-0.2, -0.15) is 0 Å². The molecule has 6 heteroatoms. The predicted molar refractivity (Wildman–Crippen MR) is 107 cm³/mol. The molecule has 0 aromatic heterocycles. The highest BCUT2D eigenvalue weighted by molar-refractivity contribution is 6.02. The minimum absolute atomic E-state index is 0.462. The summed E-state index contributed by atoms with van der Waals surface area (Å²) in [6.07, 6.45) is 1.12. The summed E-state index contributed by atoms with van der Waals surface area (Å²) < 4.78 is 0. The van der Waals surface area contributed by atoms with Crippen molar-refractivity contribution in [2.75, 3.05) is 19.6 Å². The van der Waals surface area contributed by atoms with Crippen LogP contribution in [0.25, 0.3) is 0 Å². The van der Waals surface area contributed by atoms with Crippen LogP contribution < -0.4 is 0 Å². The van der Waals surface area contributed by atoms with Gasteiger partial charge in [-0.1, -0.05) is 54.1 Å². The number of nitrogens with zero attached hydrogens (tertiary/aromatic N) is 2. The number of aliphatic imine (C=N–C) groups is 1. The molecule has 0 saturated carbocycles. The summed E-state index contributed by atoms with van der Waals surface area (Å²) in [5.74, 6) is -0.854. The summed E-state index contributed by atoms with van der Waals surface area (Å²) >= 11 is 0. The van der Waals surface area contributed by atoms with E-state index >= 15 is 0 Å². The lowest BCUT2D eigenvalue weighted by Crippen LogP contribution is -2.38. The second-order valence-electron chi connectivity index (χ2n) is 6.71. The normalized spacial score (nSPS) is 17.2. The Morgan fingerprint density at radius 3 is 2.32 bits per heavy atom. The number of aliphatic carboxylic acids is 2. The van der Waals surface area contributed by atoms with E-state index in [1.165, 1.54) is 28.1 Å². The molecule has 0 saturated heterocycles. The maximum Gasteiger partial charge on any atom is 0.328 e. The van der Waals surface area contributed by atoms with E-state index in [9.17, 15) is 9.59 Å². The first-order valence-corrected chi connectivity index (χ1v) is 9.05. The zero-order valence-electron chi connectivity index (χ0n) is 15.6. The van der Waals surface area contributed by atoms with Gasteiger partial charge in [0.25, 0.3) is 0 Å². The van der Waals surface area contributed by atoms with Crippen molar-refractivity contribution < 1.29 is 19.8 Å². The number of carbonyl (C=O) groups is 2. The van der Waals surface area contributed by atoms with Crippen molar-refractivity contribution in [2.24, 2.45) is 4.99 Å². The molecule has 0 amide bonds. The van der Waals surface area contributed by atoms with Gasteiger partial charge in [0.05, 0.1) is 6.54 Å². The molecule has 0 radical (unpaired) electrons. The van der Waals surface area contributed by atoms with E-state index in [2.05, 4.69) is 65.3 Å². The van der Waals surface area contributed by atoms with Crippen LogP contribution in [0.2, 0.25) is 0 Å². The van der Waals surface area contributed by atoms with Gasteiger partial charge in [-0.25, -0.2) is 9.59 Å². The summed E-state index contributed by atoms with van der Waals surface area (Å²) in [6, 6.07) is 17.7. The number of fused-ring (bicyclic) bond motifs is 3. The smallest absolute Gasteiger partial charge is 0.328 e. The highest BCUT2D eigenvalue weighted by Crippen LogP contribution is 2.34. The molecule has 6 nitrogen and oxygen atoms in total. The zero-order chi connectivity index (χ0) is 20.1. The van der Waals surface area contributed by atoms with E-state index in [0.717, 1.165) is 19.6 Å². The summed E-state index contributed by atoms with van der Waals surface area (Å²) in [5, 5.41) is 15.6. The number of carboxylic acids is 2. The number of carboxylic acid groups (broad SMARTS) is 2. The minimum Gasteiger partial charge on any atom is -0.478 e. The largest absolute Gasteiger partial charge is 0.478 e. The van der Waals surface area contributed by atoms with Gasteiger partial charge in [0.15, 0.2) is 0 Å². The average molecular weight is 378 g/mol. The van der Waals surface area contributed by atoms with Crippen LogP contribution in [0.4, 0.5) is 0 Å². The fourth-order valence-electron chi connectivity index (χ4n) is 3.47. The average Bonchev–Trinajstić information content (AvgIpc) is 3.16. The Labute approximate surface area is 163 Å². The van der Waals surface area contributed by atoms with Gasteiger partial charge in [0.2, 0.25) is 0 Å². The minimum atomic E-state index is -1.26. The molecule has 2 heterocycles. The van der Waals surface area contributed by atoms with Crippen molar-refractivity contribution in [3.8, 4) is 0 Å². The topological polar surface area (TPSA) is 90.2 Å². The summed E-state index contributed by atoms with van der Waals surface area (Å²) in [6.45, 7) is 5.19. The fraction of sp³-hybridized carbons (Fsp3) is 0.227. The van der Waals surface area contributed by atoms with Crippen LogP contribution in [0.1, 0.15) is 28.2 Å². The Balaban J connectivity index is 0.000000242. The molecule has 2 aromatic carbocycles. The van der Waals surface area contributed by atoms with E-state index in [1.54, 1.807) is 0 Å². The molecule has 0 fully saturated rings. The van der Waals surface area contributed by atoms with Crippen molar-refractivity contribution in [2.45, 2.75) is 12.8 Å². The van der Waals surface area contributed by atoms with Crippen molar-refractivity contribution in [3.63, 3.8) is 0 Å². The van der Waals surface area contributed by atoms with Gasteiger partial charge in [-0.05, 0) is 18.1 Å². The lowest BCUT2D eigenvalue weighted by molar-refractivity contribution is -0.134. The Kier molecular flexibility index (Phi) is 5.89. The maximum absolute atomic E-state index is 9.55. The lowest BCUT2D eigenvalue weighted by Gasteiger charge is -2.34. The Morgan fingerprint density at radius 1 is 1.04 bits per heavy atom. The molecule has 28 heavy (non-hydrogen) atoms. The fourth-order valence-corrected chi connectivity index (χ4v) is 3.47. The summed E-state index contributed by atoms with van der Waals surface area (Å²) in [4.78, 5) is 26.2. The molecule has 1 atom stereocenters. The van der Waals surface area contributed by atoms with Gasteiger partial charge in [0, 0.05) is 36.7 Å². The van der Waals surface area contributed by atoms with Crippen molar-refractivity contribution in [1.82, 2.24) is 4.90 Å². The molecule has 0 aliphatic carbocycles. The first kappa shape index (κ1) is 19.4. The number of rotatable bonds is 3. The van der Waals surface area contributed by atoms with Crippen LogP contribution in [-0.4, -0.2) is 52.5 Å². The number of hydrogen-bond donors (Lipinski definition) is 2. The van der Waals surface area contributed by atoms with E-state index in [1.807, 2.05) is 0 Å². The number of hydrogen-bond acceptors (Lipinski definition) is 4. The molecule has 1 unspecified atom stereocenters. The standard InChI is InChI=1S/C18H18N2.C4H4O4/c1-13-6-8-14(9-7-13)17-12-20-11-10-19-18(20)16-5-3-2-4-15(16)17;5-3(6)1-2-4(7)8/h2-9,17H,10-12H2,1H3;1-2H,(H,5,6)(H,7,8)/b;2-1-. The summed E-state index contributed by atoms with van der Waals surface area (Å²) in [5.41, 5.74) is 5.48. The van der Waals surface area contributed by atoms with Crippen LogP contribution >= 0.6 is 0 Å². The second kappa shape index (κ2) is 8.52. The van der Waals surface area contributed by atoms with Gasteiger partial charge < -0.3 is 15.1 Å². The zero-order valence-corrected chi connectivity index (χ0v) is 15.6. The number of amidine groups is 1. The number of benzene rings is 2. The maximum atomic E-state index is 9.55. The van der Waals surface area contributed by atoms with Gasteiger partial charge in [-0.15, -0.1) is 0 Å². The molecule has 2 aromatic rings. The van der Waals surface area contributed by atoms with Crippen LogP contribution in [0.3, 0.4) is 0 Å². The third-order valence-corrected chi connectivity index (χ3v) is 4.76. The van der Waals surface area contributed by atoms with Crippen LogP contribution in [-0.2, 0) is 9.59 Å². The second-order valence-corrected chi connectivity index (χ2v) is 6.71. The molecule has 2 aliphatic heterocycles. The Hall–Kier alpha value is -3.41. The van der Waals surface area contributed by atoms with Crippen molar-refractivity contribution in [3.05, 3.63) is 82.9 Å². The third-order valence-electron chi connectivity index (χ3n) is 4.76. The highest BCUT2D eigenvalue weighted by atomic mass is 16.4. The Bertz CT molecular complexity index is 916. The predicted octanol–water partition coefficient (Wildman–Crippen LogP) is 2.91. The molecule has 144 valence electrons. The van der Waals surface area contributed by atoms with Gasteiger partial charge in [-0.3, -0.25) is 4.99 Å². The molecule has 2 N–H and O–H groups in total. The molecule has 4 rings (SSSR count). The molecular formula is C22H22N2O4. The van der Waals surface area contributed by atoms with Crippen LogP contribution in [0.15, 0.2) is 65.7 Å². The highest BCUT2D eigenvalue weighted by Gasteiger charge is 2.32.